The predicted molar refractivity (Wildman–Crippen MR) is 82.5 cm³/mol. The van der Waals surface area contributed by atoms with E-state index < -0.39 is 0 Å². The van der Waals surface area contributed by atoms with E-state index in [2.05, 4.69) is 29.6 Å². The third-order valence-corrected chi connectivity index (χ3v) is 4.19. The molecule has 0 bridgehead atoms. The van der Waals surface area contributed by atoms with Gasteiger partial charge in [0, 0.05) is 25.8 Å². The first kappa shape index (κ1) is 15.8. The van der Waals surface area contributed by atoms with Crippen LogP contribution in [-0.2, 0) is 4.74 Å². The Labute approximate surface area is 126 Å². The van der Waals surface area contributed by atoms with Crippen LogP contribution in [0.3, 0.4) is 0 Å². The second-order valence-electron chi connectivity index (χ2n) is 5.74. The van der Waals surface area contributed by atoms with Crippen LogP contribution in [0, 0.1) is 12.8 Å². The van der Waals surface area contributed by atoms with Gasteiger partial charge in [-0.2, -0.15) is 5.10 Å². The van der Waals surface area contributed by atoms with Crippen LogP contribution in [0.5, 0.6) is 0 Å². The molecule has 1 aliphatic heterocycles. The van der Waals surface area contributed by atoms with E-state index in [0.29, 0.717) is 18.5 Å². The van der Waals surface area contributed by atoms with Crippen molar-refractivity contribution in [2.75, 3.05) is 25.1 Å². The largest absolute Gasteiger partial charge is 0.381 e. The van der Waals surface area contributed by atoms with Crippen LogP contribution in [-0.4, -0.2) is 35.6 Å². The molecule has 0 spiro atoms. The lowest BCUT2D eigenvalue weighted by Crippen LogP contribution is -2.35. The van der Waals surface area contributed by atoms with Crippen molar-refractivity contribution in [2.24, 2.45) is 5.92 Å². The molecule has 1 aromatic heterocycles. The maximum atomic E-state index is 12.0. The molecular weight excluding hydrogens is 268 g/mol. The van der Waals surface area contributed by atoms with Gasteiger partial charge >= 0.3 is 6.03 Å². The molecule has 1 unspecified atom stereocenters. The zero-order valence-electron chi connectivity index (χ0n) is 13.2. The van der Waals surface area contributed by atoms with Crippen LogP contribution >= 0.6 is 0 Å². The van der Waals surface area contributed by atoms with E-state index in [1.54, 1.807) is 6.20 Å². The molecule has 1 saturated heterocycles. The summed E-state index contributed by atoms with van der Waals surface area (Å²) in [6.07, 6.45) is 4.77. The van der Waals surface area contributed by atoms with Crippen molar-refractivity contribution in [1.82, 2.24) is 15.1 Å². The Hall–Kier alpha value is -1.56. The highest BCUT2D eigenvalue weighted by Crippen LogP contribution is 2.19. The van der Waals surface area contributed by atoms with Crippen molar-refractivity contribution in [3.05, 3.63) is 11.9 Å². The third kappa shape index (κ3) is 4.20. The number of carbonyl (C=O) groups excluding carboxylic acids is 1. The van der Waals surface area contributed by atoms with Gasteiger partial charge in [0.25, 0.3) is 0 Å². The van der Waals surface area contributed by atoms with Crippen LogP contribution in [0.15, 0.2) is 6.20 Å². The fraction of sp³-hybridized carbons (Fsp3) is 0.733. The van der Waals surface area contributed by atoms with Gasteiger partial charge in [0.15, 0.2) is 0 Å². The van der Waals surface area contributed by atoms with Crippen molar-refractivity contribution in [2.45, 2.75) is 46.1 Å². The highest BCUT2D eigenvalue weighted by Gasteiger charge is 2.16. The number of ether oxygens (including phenoxy) is 1. The standard InChI is InChI=1S/C15H26N4O2/c1-4-11(2)19-12(3)14(10-17-19)18-15(20)16-9-13-5-7-21-8-6-13/h10-11,13H,4-9H2,1-3H3,(H2,16,18,20). The van der Waals surface area contributed by atoms with E-state index in [-0.39, 0.29) is 6.03 Å². The fourth-order valence-corrected chi connectivity index (χ4v) is 2.52. The van der Waals surface area contributed by atoms with E-state index >= 15 is 0 Å². The Balaban J connectivity index is 1.83. The monoisotopic (exact) mass is 294 g/mol. The van der Waals surface area contributed by atoms with Crippen LogP contribution in [0.1, 0.15) is 44.8 Å². The van der Waals surface area contributed by atoms with Gasteiger partial charge in [0.1, 0.15) is 0 Å². The molecular formula is C15H26N4O2. The van der Waals surface area contributed by atoms with Crippen LogP contribution < -0.4 is 10.6 Å². The Morgan fingerprint density at radius 2 is 2.24 bits per heavy atom. The summed E-state index contributed by atoms with van der Waals surface area (Å²) in [6, 6.07) is 0.180. The van der Waals surface area contributed by atoms with Crippen LogP contribution in [0.4, 0.5) is 10.5 Å². The molecule has 0 radical (unpaired) electrons. The smallest absolute Gasteiger partial charge is 0.319 e. The number of anilines is 1. The van der Waals surface area contributed by atoms with Gasteiger partial charge in [-0.15, -0.1) is 0 Å². The second-order valence-corrected chi connectivity index (χ2v) is 5.74. The van der Waals surface area contributed by atoms with Crippen molar-refractivity contribution < 1.29 is 9.53 Å². The van der Waals surface area contributed by atoms with E-state index in [4.69, 9.17) is 4.74 Å². The summed E-state index contributed by atoms with van der Waals surface area (Å²) in [7, 11) is 0. The van der Waals surface area contributed by atoms with Gasteiger partial charge in [0.05, 0.1) is 17.6 Å². The molecule has 6 nitrogen and oxygen atoms in total. The number of aromatic nitrogens is 2. The molecule has 2 amide bonds. The van der Waals surface area contributed by atoms with Crippen molar-refractivity contribution in [1.29, 1.82) is 0 Å². The molecule has 2 heterocycles. The number of urea groups is 1. The van der Waals surface area contributed by atoms with Gasteiger partial charge in [-0.3, -0.25) is 4.68 Å². The molecule has 1 atom stereocenters. The zero-order chi connectivity index (χ0) is 15.2. The summed E-state index contributed by atoms with van der Waals surface area (Å²) >= 11 is 0. The van der Waals surface area contributed by atoms with Crippen molar-refractivity contribution in [3.8, 4) is 0 Å². The molecule has 1 aliphatic rings. The first-order chi connectivity index (χ1) is 10.1. The summed E-state index contributed by atoms with van der Waals surface area (Å²) in [5.41, 5.74) is 1.77. The number of hydrogen-bond donors (Lipinski definition) is 2. The molecule has 21 heavy (non-hydrogen) atoms. The third-order valence-electron chi connectivity index (χ3n) is 4.19. The first-order valence-electron chi connectivity index (χ1n) is 7.78. The number of hydrogen-bond acceptors (Lipinski definition) is 3. The van der Waals surface area contributed by atoms with Gasteiger partial charge in [0.2, 0.25) is 0 Å². The Kier molecular flexibility index (Phi) is 5.61. The average Bonchev–Trinajstić information content (AvgIpc) is 2.86. The summed E-state index contributed by atoms with van der Waals surface area (Å²) in [4.78, 5) is 12.0. The Morgan fingerprint density at radius 3 is 2.90 bits per heavy atom. The van der Waals surface area contributed by atoms with Gasteiger partial charge in [-0.1, -0.05) is 6.92 Å². The SMILES string of the molecule is CCC(C)n1ncc(NC(=O)NCC2CCOCC2)c1C. The fourth-order valence-electron chi connectivity index (χ4n) is 2.52. The Bertz CT molecular complexity index is 466. The minimum Gasteiger partial charge on any atom is -0.381 e. The number of amides is 2. The predicted octanol–water partition coefficient (Wildman–Crippen LogP) is 2.71. The molecule has 0 saturated carbocycles. The number of nitrogens with zero attached hydrogens (tertiary/aromatic N) is 2. The topological polar surface area (TPSA) is 68.2 Å². The number of nitrogens with one attached hydrogen (secondary N) is 2. The van der Waals surface area contributed by atoms with Crippen LogP contribution in [0.2, 0.25) is 0 Å². The summed E-state index contributed by atoms with van der Waals surface area (Å²) in [5, 5.41) is 10.2. The van der Waals surface area contributed by atoms with Crippen molar-refractivity contribution >= 4 is 11.7 Å². The molecule has 0 aromatic carbocycles. The highest BCUT2D eigenvalue weighted by atomic mass is 16.5. The van der Waals surface area contributed by atoms with Crippen molar-refractivity contribution in [3.63, 3.8) is 0 Å². The van der Waals surface area contributed by atoms with Gasteiger partial charge in [-0.25, -0.2) is 4.79 Å². The van der Waals surface area contributed by atoms with E-state index in [1.165, 1.54) is 0 Å². The zero-order valence-corrected chi connectivity index (χ0v) is 13.2. The quantitative estimate of drug-likeness (QED) is 0.877. The maximum absolute atomic E-state index is 12.0. The second kappa shape index (κ2) is 7.45. The minimum atomic E-state index is -0.159. The summed E-state index contributed by atoms with van der Waals surface area (Å²) in [5.74, 6) is 0.522. The lowest BCUT2D eigenvalue weighted by atomic mass is 10.0. The number of rotatable bonds is 5. The Morgan fingerprint density at radius 1 is 1.52 bits per heavy atom. The van der Waals surface area contributed by atoms with E-state index in [0.717, 1.165) is 43.9 Å². The molecule has 1 fully saturated rings. The summed E-state index contributed by atoms with van der Waals surface area (Å²) < 4.78 is 7.27. The maximum Gasteiger partial charge on any atom is 0.319 e. The number of carbonyl (C=O) groups is 1. The normalized spacial score (nSPS) is 17.5. The van der Waals surface area contributed by atoms with Gasteiger partial charge < -0.3 is 15.4 Å². The molecule has 2 rings (SSSR count). The molecule has 118 valence electrons. The average molecular weight is 294 g/mol. The highest BCUT2D eigenvalue weighted by molar-refractivity contribution is 5.89. The first-order valence-corrected chi connectivity index (χ1v) is 7.78. The molecule has 0 aliphatic carbocycles. The minimum absolute atomic E-state index is 0.159. The summed E-state index contributed by atoms with van der Waals surface area (Å²) in [6.45, 7) is 8.53. The van der Waals surface area contributed by atoms with Crippen LogP contribution in [0.25, 0.3) is 0 Å². The molecule has 1 aromatic rings. The van der Waals surface area contributed by atoms with E-state index in [1.807, 2.05) is 11.6 Å². The molecule has 2 N–H and O–H groups in total. The molecule has 6 heteroatoms. The lowest BCUT2D eigenvalue weighted by molar-refractivity contribution is 0.0671. The lowest BCUT2D eigenvalue weighted by Gasteiger charge is -2.22. The van der Waals surface area contributed by atoms with Gasteiger partial charge in [-0.05, 0) is 39.0 Å². The van der Waals surface area contributed by atoms with E-state index in [9.17, 15) is 4.79 Å².